The predicted molar refractivity (Wildman–Crippen MR) is 94.2 cm³/mol. The highest BCUT2D eigenvalue weighted by Crippen LogP contribution is 2.31. The van der Waals surface area contributed by atoms with Crippen molar-refractivity contribution in [1.82, 2.24) is 18.6 Å². The Kier molecular flexibility index (Phi) is 4.67. The topological polar surface area (TPSA) is 90.5 Å². The molecule has 0 unspecified atom stereocenters. The molecule has 2 aliphatic rings. The summed E-state index contributed by atoms with van der Waals surface area (Å²) in [6, 6.07) is 0.683. The fraction of sp³-hybridized carbons (Fsp3) is 0.733. The molecule has 8 nitrogen and oxygen atoms in total. The maximum Gasteiger partial charge on any atom is 0.281 e. The second-order valence-electron chi connectivity index (χ2n) is 6.91. The molecule has 0 atom stereocenters. The van der Waals surface area contributed by atoms with Crippen LogP contribution in [0.15, 0.2) is 0 Å². The summed E-state index contributed by atoms with van der Waals surface area (Å²) in [5.74, 6) is 1.38. The van der Waals surface area contributed by atoms with E-state index in [0.29, 0.717) is 31.5 Å². The zero-order valence-corrected chi connectivity index (χ0v) is 15.5. The Morgan fingerprint density at radius 3 is 2.54 bits per heavy atom. The molecule has 1 aliphatic heterocycles. The minimum Gasteiger partial charge on any atom is -0.367 e. The maximum absolute atomic E-state index is 12.4. The smallest absolute Gasteiger partial charge is 0.281 e. The van der Waals surface area contributed by atoms with E-state index in [1.54, 1.807) is 14.1 Å². The van der Waals surface area contributed by atoms with Crippen molar-refractivity contribution >= 4 is 22.0 Å². The molecule has 0 radical (unpaired) electrons. The molecule has 1 aromatic rings. The highest BCUT2D eigenvalue weighted by Gasteiger charge is 2.32. The Balaban J connectivity index is 1.93. The first kappa shape index (κ1) is 17.4. The lowest BCUT2D eigenvalue weighted by molar-refractivity contribution is 0.356. The van der Waals surface area contributed by atoms with Gasteiger partial charge in [0.25, 0.3) is 10.2 Å². The van der Waals surface area contributed by atoms with E-state index in [-0.39, 0.29) is 6.04 Å². The largest absolute Gasteiger partial charge is 0.367 e. The van der Waals surface area contributed by atoms with E-state index < -0.39 is 10.2 Å². The molecule has 0 bridgehead atoms. The third-order valence-electron chi connectivity index (χ3n) is 4.15. The van der Waals surface area contributed by atoms with Crippen LogP contribution in [0.3, 0.4) is 0 Å². The lowest BCUT2D eigenvalue weighted by Gasteiger charge is -2.31. The summed E-state index contributed by atoms with van der Waals surface area (Å²) in [4.78, 5) is 9.21. The van der Waals surface area contributed by atoms with Gasteiger partial charge in [0.15, 0.2) is 0 Å². The van der Waals surface area contributed by atoms with Crippen LogP contribution in [-0.4, -0.2) is 59.7 Å². The second-order valence-corrected chi connectivity index (χ2v) is 9.05. The van der Waals surface area contributed by atoms with Crippen molar-refractivity contribution in [3.63, 3.8) is 0 Å². The number of anilines is 2. The first-order chi connectivity index (χ1) is 11.3. The van der Waals surface area contributed by atoms with Crippen molar-refractivity contribution < 1.29 is 8.42 Å². The quantitative estimate of drug-likeness (QED) is 0.793. The summed E-state index contributed by atoms with van der Waals surface area (Å²) in [6.45, 7) is 4.84. The molecule has 0 saturated heterocycles. The number of rotatable bonds is 6. The van der Waals surface area contributed by atoms with Crippen molar-refractivity contribution in [1.29, 1.82) is 0 Å². The zero-order chi connectivity index (χ0) is 17.5. The van der Waals surface area contributed by atoms with Gasteiger partial charge in [-0.2, -0.15) is 22.0 Å². The van der Waals surface area contributed by atoms with Crippen LogP contribution in [0, 0.1) is 0 Å². The van der Waals surface area contributed by atoms with Crippen LogP contribution < -0.4 is 10.6 Å². The molecule has 1 aliphatic carbocycles. The predicted octanol–water partition coefficient (Wildman–Crippen LogP) is 1.04. The molecule has 134 valence electrons. The van der Waals surface area contributed by atoms with Crippen LogP contribution in [-0.2, 0) is 23.2 Å². The average molecular weight is 354 g/mol. The Morgan fingerprint density at radius 2 is 1.96 bits per heavy atom. The van der Waals surface area contributed by atoms with Crippen LogP contribution in [0.5, 0.6) is 0 Å². The molecular weight excluding hydrogens is 328 g/mol. The fourth-order valence-electron chi connectivity index (χ4n) is 2.68. The van der Waals surface area contributed by atoms with Gasteiger partial charge >= 0.3 is 0 Å². The lowest BCUT2D eigenvalue weighted by atomic mass is 10.1. The lowest BCUT2D eigenvalue weighted by Crippen LogP contribution is -2.43. The van der Waals surface area contributed by atoms with Crippen molar-refractivity contribution in [3.05, 3.63) is 11.3 Å². The van der Waals surface area contributed by atoms with Gasteiger partial charge in [-0.05, 0) is 26.7 Å². The third-order valence-corrected chi connectivity index (χ3v) is 6.04. The normalized spacial score (nSPS) is 18.8. The molecule has 2 N–H and O–H groups in total. The SMILES string of the molecule is CC(C)Nc1nc2c(c(NC3CC3)n1)CN(S(=O)(=O)N(C)C)CC2. The van der Waals surface area contributed by atoms with E-state index in [0.717, 1.165) is 29.9 Å². The third kappa shape index (κ3) is 3.62. The van der Waals surface area contributed by atoms with Gasteiger partial charge in [0, 0.05) is 51.3 Å². The van der Waals surface area contributed by atoms with Gasteiger partial charge in [0.05, 0.1) is 5.69 Å². The van der Waals surface area contributed by atoms with E-state index in [4.69, 9.17) is 0 Å². The summed E-state index contributed by atoms with van der Waals surface area (Å²) in [5, 5.41) is 6.68. The van der Waals surface area contributed by atoms with Gasteiger partial charge in [0.2, 0.25) is 5.95 Å². The van der Waals surface area contributed by atoms with Crippen molar-refractivity contribution in [2.24, 2.45) is 0 Å². The minimum absolute atomic E-state index is 0.242. The van der Waals surface area contributed by atoms with Crippen molar-refractivity contribution in [3.8, 4) is 0 Å². The number of nitrogens with zero attached hydrogens (tertiary/aromatic N) is 4. The molecule has 0 aromatic carbocycles. The van der Waals surface area contributed by atoms with E-state index in [9.17, 15) is 8.42 Å². The average Bonchev–Trinajstić information content (AvgIpc) is 3.30. The molecule has 0 spiro atoms. The van der Waals surface area contributed by atoms with Gasteiger partial charge in [-0.1, -0.05) is 0 Å². The highest BCUT2D eigenvalue weighted by atomic mass is 32.2. The number of hydrogen-bond acceptors (Lipinski definition) is 6. The first-order valence-corrected chi connectivity index (χ1v) is 9.77. The van der Waals surface area contributed by atoms with Crippen LogP contribution in [0.25, 0.3) is 0 Å². The van der Waals surface area contributed by atoms with Crippen molar-refractivity contribution in [2.45, 2.75) is 51.7 Å². The summed E-state index contributed by atoms with van der Waals surface area (Å²) < 4.78 is 27.6. The standard InChI is InChI=1S/C15H26N6O2S/c1-10(2)16-15-18-13-7-8-21(24(22,23)20(3)4)9-12(13)14(19-15)17-11-5-6-11/h10-11H,5-9H2,1-4H3,(H2,16,17,18,19). The molecule has 1 fully saturated rings. The maximum atomic E-state index is 12.4. The minimum atomic E-state index is -3.43. The van der Waals surface area contributed by atoms with Gasteiger partial charge < -0.3 is 10.6 Å². The molecule has 0 amide bonds. The Bertz CT molecular complexity index is 715. The summed E-state index contributed by atoms with van der Waals surface area (Å²) in [5.41, 5.74) is 1.83. The molecule has 2 heterocycles. The molecular formula is C15H26N6O2S. The van der Waals surface area contributed by atoms with Gasteiger partial charge in [-0.15, -0.1) is 0 Å². The van der Waals surface area contributed by atoms with E-state index in [1.165, 1.54) is 8.61 Å². The van der Waals surface area contributed by atoms with E-state index >= 15 is 0 Å². The number of hydrogen-bond donors (Lipinski definition) is 2. The summed E-state index contributed by atoms with van der Waals surface area (Å²) in [6.07, 6.45) is 2.86. The van der Waals surface area contributed by atoms with Crippen LogP contribution >= 0.6 is 0 Å². The molecule has 9 heteroatoms. The van der Waals surface area contributed by atoms with Crippen molar-refractivity contribution in [2.75, 3.05) is 31.3 Å². The van der Waals surface area contributed by atoms with Crippen LogP contribution in [0.1, 0.15) is 37.9 Å². The Morgan fingerprint density at radius 1 is 1.25 bits per heavy atom. The molecule has 3 rings (SSSR count). The molecule has 24 heavy (non-hydrogen) atoms. The van der Waals surface area contributed by atoms with Gasteiger partial charge in [0.1, 0.15) is 5.82 Å². The summed E-state index contributed by atoms with van der Waals surface area (Å²) in [7, 11) is -0.322. The van der Waals surface area contributed by atoms with Gasteiger partial charge in [-0.3, -0.25) is 0 Å². The Labute approximate surface area is 143 Å². The molecule has 1 saturated carbocycles. The zero-order valence-electron chi connectivity index (χ0n) is 14.7. The second kappa shape index (κ2) is 6.45. The monoisotopic (exact) mass is 354 g/mol. The van der Waals surface area contributed by atoms with Crippen LogP contribution in [0.4, 0.5) is 11.8 Å². The van der Waals surface area contributed by atoms with E-state index in [1.807, 2.05) is 13.8 Å². The van der Waals surface area contributed by atoms with Crippen LogP contribution in [0.2, 0.25) is 0 Å². The first-order valence-electron chi connectivity index (χ1n) is 8.38. The highest BCUT2D eigenvalue weighted by molar-refractivity contribution is 7.86. The van der Waals surface area contributed by atoms with Gasteiger partial charge in [-0.25, -0.2) is 4.98 Å². The summed E-state index contributed by atoms with van der Waals surface area (Å²) >= 11 is 0. The number of aromatic nitrogens is 2. The Hall–Kier alpha value is -1.45. The fourth-order valence-corrected chi connectivity index (χ4v) is 3.76. The van der Waals surface area contributed by atoms with E-state index in [2.05, 4.69) is 20.6 Å². The number of fused-ring (bicyclic) bond motifs is 1. The number of nitrogens with one attached hydrogen (secondary N) is 2. The molecule has 1 aromatic heterocycles.